The van der Waals surface area contributed by atoms with Gasteiger partial charge in [0.15, 0.2) is 0 Å². The first-order valence-electron chi connectivity index (χ1n) is 8.45. The molecule has 0 saturated carbocycles. The van der Waals surface area contributed by atoms with Crippen LogP contribution in [-0.4, -0.2) is 26.7 Å². The van der Waals surface area contributed by atoms with Crippen molar-refractivity contribution in [3.63, 3.8) is 0 Å². The molecule has 0 bridgehead atoms. The van der Waals surface area contributed by atoms with E-state index in [2.05, 4.69) is 15.2 Å². The molecule has 0 aliphatic carbocycles. The SMILES string of the molecule is Cc1cc(C2=NOC(c3cccc(Cl)c3Cl)(C(F)(F)F)C2)ccc1-n1cncn1. The van der Waals surface area contributed by atoms with Crippen LogP contribution < -0.4 is 0 Å². The fraction of sp³-hybridized carbons (Fsp3) is 0.211. The Morgan fingerprint density at radius 2 is 1.97 bits per heavy atom. The fourth-order valence-corrected chi connectivity index (χ4v) is 3.73. The molecule has 1 aliphatic rings. The van der Waals surface area contributed by atoms with Crippen LogP contribution in [0.2, 0.25) is 10.0 Å². The van der Waals surface area contributed by atoms with Crippen molar-refractivity contribution in [3.8, 4) is 5.69 Å². The Labute approximate surface area is 173 Å². The van der Waals surface area contributed by atoms with E-state index in [1.165, 1.54) is 30.9 Å². The summed E-state index contributed by atoms with van der Waals surface area (Å²) in [6.07, 6.45) is -2.36. The summed E-state index contributed by atoms with van der Waals surface area (Å²) in [6, 6.07) is 9.19. The molecule has 2 aromatic carbocycles. The molecule has 0 radical (unpaired) electrons. The summed E-state index contributed by atoms with van der Waals surface area (Å²) < 4.78 is 43.9. The molecular weight excluding hydrogens is 428 g/mol. The monoisotopic (exact) mass is 440 g/mol. The number of rotatable bonds is 3. The van der Waals surface area contributed by atoms with Gasteiger partial charge in [0.25, 0.3) is 5.60 Å². The maximum atomic E-state index is 14.1. The minimum absolute atomic E-state index is 0.0119. The van der Waals surface area contributed by atoms with Crippen molar-refractivity contribution in [2.75, 3.05) is 0 Å². The van der Waals surface area contributed by atoms with E-state index in [1.54, 1.807) is 22.9 Å². The molecule has 29 heavy (non-hydrogen) atoms. The highest BCUT2D eigenvalue weighted by atomic mass is 35.5. The normalized spacial score (nSPS) is 19.2. The molecule has 0 fully saturated rings. The van der Waals surface area contributed by atoms with Crippen LogP contribution in [0, 0.1) is 6.92 Å². The Morgan fingerprint density at radius 3 is 2.62 bits per heavy atom. The lowest BCUT2D eigenvalue weighted by atomic mass is 9.86. The molecule has 3 aromatic rings. The van der Waals surface area contributed by atoms with Gasteiger partial charge in [-0.05, 0) is 36.2 Å². The van der Waals surface area contributed by atoms with Crippen molar-refractivity contribution >= 4 is 28.9 Å². The van der Waals surface area contributed by atoms with Gasteiger partial charge in [0.05, 0.1) is 27.9 Å². The first-order chi connectivity index (χ1) is 13.7. The summed E-state index contributed by atoms with van der Waals surface area (Å²) in [5.41, 5.74) is -0.758. The standard InChI is InChI=1S/C19H13Cl2F3N4O/c1-11-7-12(5-6-16(11)28-10-25-9-26-28)15-8-18(29-27-15,19(22,23)24)13-3-2-4-14(20)17(13)21/h2-7,9-10H,8H2,1H3. The van der Waals surface area contributed by atoms with Gasteiger partial charge >= 0.3 is 6.18 Å². The molecule has 1 aliphatic heterocycles. The quantitative estimate of drug-likeness (QED) is 0.542. The van der Waals surface area contributed by atoms with Crippen LogP contribution in [0.3, 0.4) is 0 Å². The van der Waals surface area contributed by atoms with Crippen molar-refractivity contribution in [1.82, 2.24) is 14.8 Å². The molecule has 1 unspecified atom stereocenters. The highest BCUT2D eigenvalue weighted by Gasteiger charge is 2.63. The lowest BCUT2D eigenvalue weighted by Gasteiger charge is -2.30. The maximum Gasteiger partial charge on any atom is 0.435 e. The highest BCUT2D eigenvalue weighted by molar-refractivity contribution is 6.42. The number of halogens is 5. The Kier molecular flexibility index (Phi) is 4.78. The number of alkyl halides is 3. The van der Waals surface area contributed by atoms with Crippen LogP contribution in [0.5, 0.6) is 0 Å². The van der Waals surface area contributed by atoms with Crippen molar-refractivity contribution in [2.45, 2.75) is 25.1 Å². The minimum atomic E-state index is -4.76. The van der Waals surface area contributed by atoms with Gasteiger partial charge in [0, 0.05) is 5.56 Å². The van der Waals surface area contributed by atoms with Crippen molar-refractivity contribution < 1.29 is 18.0 Å². The van der Waals surface area contributed by atoms with Gasteiger partial charge in [0.2, 0.25) is 0 Å². The zero-order chi connectivity index (χ0) is 20.8. The number of benzene rings is 2. The van der Waals surface area contributed by atoms with Crippen molar-refractivity contribution in [2.24, 2.45) is 5.16 Å². The maximum absolute atomic E-state index is 14.1. The predicted octanol–water partition coefficient (Wildman–Crippen LogP) is 5.46. The van der Waals surface area contributed by atoms with Gasteiger partial charge in [-0.1, -0.05) is 46.6 Å². The molecule has 2 heterocycles. The van der Waals surface area contributed by atoms with Crippen LogP contribution in [-0.2, 0) is 10.4 Å². The summed E-state index contributed by atoms with van der Waals surface area (Å²) in [7, 11) is 0. The second kappa shape index (κ2) is 7.03. The van der Waals surface area contributed by atoms with Gasteiger partial charge in [-0.3, -0.25) is 0 Å². The van der Waals surface area contributed by atoms with E-state index in [0.717, 1.165) is 11.3 Å². The summed E-state index contributed by atoms with van der Waals surface area (Å²) in [5.74, 6) is 0. The second-order valence-electron chi connectivity index (χ2n) is 6.57. The molecule has 4 rings (SSSR count). The molecule has 1 aromatic heterocycles. The average Bonchev–Trinajstić information content (AvgIpc) is 3.34. The van der Waals surface area contributed by atoms with Crippen LogP contribution in [0.15, 0.2) is 54.2 Å². The van der Waals surface area contributed by atoms with E-state index in [0.29, 0.717) is 5.56 Å². The Bertz CT molecular complexity index is 1100. The van der Waals surface area contributed by atoms with E-state index in [-0.39, 0.29) is 21.3 Å². The third-order valence-electron chi connectivity index (χ3n) is 4.77. The molecule has 0 spiro atoms. The number of aryl methyl sites for hydroxylation is 1. The molecule has 10 heteroatoms. The van der Waals surface area contributed by atoms with Gasteiger partial charge in [-0.25, -0.2) is 9.67 Å². The average molecular weight is 441 g/mol. The van der Waals surface area contributed by atoms with Crippen LogP contribution in [0.4, 0.5) is 13.2 Å². The van der Waals surface area contributed by atoms with Crippen molar-refractivity contribution in [3.05, 3.63) is 75.8 Å². The Morgan fingerprint density at radius 1 is 1.17 bits per heavy atom. The molecule has 0 amide bonds. The van der Waals surface area contributed by atoms with E-state index >= 15 is 0 Å². The van der Waals surface area contributed by atoms with Gasteiger partial charge in [0.1, 0.15) is 12.7 Å². The molecule has 150 valence electrons. The molecular formula is C19H13Cl2F3N4O. The largest absolute Gasteiger partial charge is 0.435 e. The van der Waals surface area contributed by atoms with E-state index in [9.17, 15) is 13.2 Å². The lowest BCUT2D eigenvalue weighted by molar-refractivity contribution is -0.275. The van der Waals surface area contributed by atoms with Gasteiger partial charge < -0.3 is 4.84 Å². The number of oxime groups is 1. The van der Waals surface area contributed by atoms with Gasteiger partial charge in [-0.15, -0.1) is 0 Å². The predicted molar refractivity (Wildman–Crippen MR) is 103 cm³/mol. The first-order valence-corrected chi connectivity index (χ1v) is 9.21. The highest BCUT2D eigenvalue weighted by Crippen LogP contribution is 2.51. The summed E-state index contributed by atoms with van der Waals surface area (Å²) in [6.45, 7) is 1.82. The Hall–Kier alpha value is -2.58. The van der Waals surface area contributed by atoms with E-state index in [1.807, 2.05) is 6.92 Å². The number of hydrogen-bond donors (Lipinski definition) is 0. The second-order valence-corrected chi connectivity index (χ2v) is 7.36. The fourth-order valence-electron chi connectivity index (χ4n) is 3.28. The Balaban J connectivity index is 1.72. The van der Waals surface area contributed by atoms with E-state index in [4.69, 9.17) is 28.0 Å². The third kappa shape index (κ3) is 3.26. The summed E-state index contributed by atoms with van der Waals surface area (Å²) >= 11 is 12.0. The number of nitrogens with zero attached hydrogens (tertiary/aromatic N) is 4. The summed E-state index contributed by atoms with van der Waals surface area (Å²) in [4.78, 5) is 8.92. The number of aromatic nitrogens is 3. The molecule has 0 saturated heterocycles. The topological polar surface area (TPSA) is 52.3 Å². The zero-order valence-electron chi connectivity index (χ0n) is 14.9. The first kappa shape index (κ1) is 19.7. The minimum Gasteiger partial charge on any atom is -0.374 e. The summed E-state index contributed by atoms with van der Waals surface area (Å²) in [5, 5.41) is 7.63. The molecule has 1 atom stereocenters. The third-order valence-corrected chi connectivity index (χ3v) is 5.59. The number of hydrogen-bond acceptors (Lipinski definition) is 4. The molecule has 5 nitrogen and oxygen atoms in total. The lowest BCUT2D eigenvalue weighted by Crippen LogP contribution is -2.43. The van der Waals surface area contributed by atoms with Crippen LogP contribution >= 0.6 is 23.2 Å². The van der Waals surface area contributed by atoms with E-state index < -0.39 is 18.2 Å². The smallest absolute Gasteiger partial charge is 0.374 e. The van der Waals surface area contributed by atoms with Crippen LogP contribution in [0.1, 0.15) is 23.1 Å². The molecule has 0 N–H and O–H groups in total. The zero-order valence-corrected chi connectivity index (χ0v) is 16.4. The van der Waals surface area contributed by atoms with Gasteiger partial charge in [-0.2, -0.15) is 18.3 Å². The van der Waals surface area contributed by atoms with Crippen molar-refractivity contribution in [1.29, 1.82) is 0 Å². The van der Waals surface area contributed by atoms with Crippen LogP contribution in [0.25, 0.3) is 5.69 Å².